The van der Waals surface area contributed by atoms with Gasteiger partial charge in [0, 0.05) is 11.1 Å². The molecule has 0 unspecified atom stereocenters. The van der Waals surface area contributed by atoms with Gasteiger partial charge >= 0.3 is 0 Å². The van der Waals surface area contributed by atoms with E-state index in [4.69, 9.17) is 13.9 Å². The average molecular weight is 306 g/mol. The van der Waals surface area contributed by atoms with Crippen molar-refractivity contribution in [3.8, 4) is 17.1 Å². The summed E-state index contributed by atoms with van der Waals surface area (Å²) in [5.74, 6) is 1.21. The zero-order valence-corrected chi connectivity index (χ0v) is 12.0. The molecule has 0 spiro atoms. The second kappa shape index (κ2) is 6.10. The van der Waals surface area contributed by atoms with Crippen molar-refractivity contribution in [2.75, 3.05) is 13.7 Å². The molecule has 0 aliphatic carbocycles. The molecule has 1 saturated heterocycles. The highest BCUT2D eigenvalue weighted by atomic mass is 16.6. The highest BCUT2D eigenvalue weighted by Gasteiger charge is 2.44. The van der Waals surface area contributed by atoms with Crippen LogP contribution in [0.2, 0.25) is 0 Å². The van der Waals surface area contributed by atoms with Crippen LogP contribution in [0.3, 0.4) is 0 Å². The summed E-state index contributed by atoms with van der Waals surface area (Å²) in [6, 6.07) is 8.98. The number of methoxy groups -OCH3 is 1. The van der Waals surface area contributed by atoms with Gasteiger partial charge in [-0.3, -0.25) is 0 Å². The SMILES string of the molecule is COc1ccc(-c2ccco2)cc1[C@@H]1O[C@H](CO)[C@@H](O)[C@H]1O. The Bertz CT molecular complexity index is 624. The van der Waals surface area contributed by atoms with Crippen molar-refractivity contribution < 1.29 is 29.2 Å². The van der Waals surface area contributed by atoms with Crippen molar-refractivity contribution in [3.05, 3.63) is 42.2 Å². The minimum Gasteiger partial charge on any atom is -0.496 e. The number of benzene rings is 1. The molecule has 6 nitrogen and oxygen atoms in total. The minimum atomic E-state index is -1.15. The van der Waals surface area contributed by atoms with Gasteiger partial charge in [0.15, 0.2) is 0 Å². The summed E-state index contributed by atoms with van der Waals surface area (Å²) in [4.78, 5) is 0. The molecule has 1 fully saturated rings. The lowest BCUT2D eigenvalue weighted by molar-refractivity contribution is -0.0233. The quantitative estimate of drug-likeness (QED) is 0.783. The molecule has 0 amide bonds. The van der Waals surface area contributed by atoms with Crippen molar-refractivity contribution in [1.82, 2.24) is 0 Å². The van der Waals surface area contributed by atoms with Crippen molar-refractivity contribution in [2.24, 2.45) is 0 Å². The fourth-order valence-electron chi connectivity index (χ4n) is 2.71. The smallest absolute Gasteiger partial charge is 0.133 e. The van der Waals surface area contributed by atoms with Crippen LogP contribution in [0.5, 0.6) is 5.75 Å². The van der Waals surface area contributed by atoms with Crippen molar-refractivity contribution >= 4 is 0 Å². The van der Waals surface area contributed by atoms with Gasteiger partial charge in [-0.05, 0) is 30.3 Å². The lowest BCUT2D eigenvalue weighted by Crippen LogP contribution is -2.32. The van der Waals surface area contributed by atoms with Crippen LogP contribution in [-0.4, -0.2) is 47.3 Å². The van der Waals surface area contributed by atoms with E-state index in [0.29, 0.717) is 17.1 Å². The second-order valence-corrected chi connectivity index (χ2v) is 5.19. The Morgan fingerprint density at radius 3 is 2.59 bits per heavy atom. The summed E-state index contributed by atoms with van der Waals surface area (Å²) in [6.07, 6.45) is -2.31. The van der Waals surface area contributed by atoms with Crippen LogP contribution < -0.4 is 4.74 Å². The normalized spacial score (nSPS) is 28.0. The summed E-state index contributed by atoms with van der Waals surface area (Å²) in [5.41, 5.74) is 1.40. The number of aliphatic hydroxyl groups excluding tert-OH is 3. The third-order valence-corrected chi connectivity index (χ3v) is 3.88. The Hall–Kier alpha value is -1.86. The van der Waals surface area contributed by atoms with E-state index in [9.17, 15) is 15.3 Å². The Balaban J connectivity index is 2.00. The highest BCUT2D eigenvalue weighted by Crippen LogP contribution is 2.39. The molecule has 2 heterocycles. The summed E-state index contributed by atoms with van der Waals surface area (Å²) < 4.78 is 16.3. The predicted molar refractivity (Wildman–Crippen MR) is 77.4 cm³/mol. The first kappa shape index (κ1) is 15.1. The van der Waals surface area contributed by atoms with Gasteiger partial charge in [0.1, 0.15) is 35.9 Å². The van der Waals surface area contributed by atoms with Crippen LogP contribution >= 0.6 is 0 Å². The zero-order valence-electron chi connectivity index (χ0n) is 12.0. The monoisotopic (exact) mass is 306 g/mol. The maximum Gasteiger partial charge on any atom is 0.133 e. The van der Waals surface area contributed by atoms with Gasteiger partial charge in [0.05, 0.1) is 20.0 Å². The molecule has 3 N–H and O–H groups in total. The highest BCUT2D eigenvalue weighted by molar-refractivity contribution is 5.61. The van der Waals surface area contributed by atoms with Crippen molar-refractivity contribution in [1.29, 1.82) is 0 Å². The first-order chi connectivity index (χ1) is 10.7. The molecule has 0 saturated carbocycles. The van der Waals surface area contributed by atoms with E-state index in [-0.39, 0.29) is 6.61 Å². The summed E-state index contributed by atoms with van der Waals surface area (Å²) in [6.45, 7) is -0.366. The molecule has 2 aromatic rings. The molecule has 22 heavy (non-hydrogen) atoms. The third-order valence-electron chi connectivity index (χ3n) is 3.88. The first-order valence-corrected chi connectivity index (χ1v) is 7.00. The van der Waals surface area contributed by atoms with E-state index < -0.39 is 24.4 Å². The summed E-state index contributed by atoms with van der Waals surface area (Å²) in [7, 11) is 1.52. The van der Waals surface area contributed by atoms with Crippen LogP contribution in [0.15, 0.2) is 41.0 Å². The van der Waals surface area contributed by atoms with Crippen LogP contribution in [-0.2, 0) is 4.74 Å². The Kier molecular flexibility index (Phi) is 4.17. The number of hydrogen-bond donors (Lipinski definition) is 3. The molecule has 1 aliphatic heterocycles. The number of furan rings is 1. The molecule has 3 rings (SSSR count). The van der Waals surface area contributed by atoms with Gasteiger partial charge in [0.2, 0.25) is 0 Å². The fourth-order valence-corrected chi connectivity index (χ4v) is 2.71. The molecule has 4 atom stereocenters. The molecule has 0 radical (unpaired) electrons. The first-order valence-electron chi connectivity index (χ1n) is 7.00. The number of aliphatic hydroxyl groups is 3. The van der Waals surface area contributed by atoms with E-state index in [1.807, 2.05) is 12.1 Å². The molecule has 118 valence electrons. The van der Waals surface area contributed by atoms with Gasteiger partial charge in [-0.1, -0.05) is 0 Å². The summed E-state index contributed by atoms with van der Waals surface area (Å²) in [5, 5.41) is 29.3. The Labute approximate surface area is 127 Å². The number of hydrogen-bond acceptors (Lipinski definition) is 6. The Morgan fingerprint density at radius 1 is 1.18 bits per heavy atom. The molecular weight excluding hydrogens is 288 g/mol. The van der Waals surface area contributed by atoms with Crippen LogP contribution in [0.25, 0.3) is 11.3 Å². The standard InChI is InChI=1S/C16H18O6/c1-20-12-5-4-9(11-3-2-6-21-11)7-10(12)16-15(19)14(18)13(8-17)22-16/h2-7,13-19H,8H2,1H3/t13-,14-,15-,16+/m1/s1. The van der Waals surface area contributed by atoms with Crippen molar-refractivity contribution in [2.45, 2.75) is 24.4 Å². The molecule has 1 aromatic heterocycles. The lowest BCUT2D eigenvalue weighted by Gasteiger charge is -2.18. The van der Waals surface area contributed by atoms with Gasteiger partial charge in [0.25, 0.3) is 0 Å². The molecule has 6 heteroatoms. The zero-order chi connectivity index (χ0) is 15.7. The molecule has 0 bridgehead atoms. The van der Waals surface area contributed by atoms with Gasteiger partial charge in [-0.2, -0.15) is 0 Å². The van der Waals surface area contributed by atoms with Crippen LogP contribution in [0, 0.1) is 0 Å². The largest absolute Gasteiger partial charge is 0.496 e. The van der Waals surface area contributed by atoms with Gasteiger partial charge < -0.3 is 29.2 Å². The maximum absolute atomic E-state index is 10.2. The summed E-state index contributed by atoms with van der Waals surface area (Å²) >= 11 is 0. The Morgan fingerprint density at radius 2 is 2.00 bits per heavy atom. The number of ether oxygens (including phenoxy) is 2. The number of rotatable bonds is 4. The van der Waals surface area contributed by atoms with E-state index >= 15 is 0 Å². The van der Waals surface area contributed by atoms with E-state index in [0.717, 1.165) is 5.56 Å². The predicted octanol–water partition coefficient (Wildman–Crippen LogP) is 1.11. The van der Waals surface area contributed by atoms with Gasteiger partial charge in [-0.15, -0.1) is 0 Å². The minimum absolute atomic E-state index is 0.366. The lowest BCUT2D eigenvalue weighted by atomic mass is 9.98. The molecule has 1 aliphatic rings. The van der Waals surface area contributed by atoms with Crippen LogP contribution in [0.4, 0.5) is 0 Å². The molecular formula is C16H18O6. The maximum atomic E-state index is 10.2. The van der Waals surface area contributed by atoms with Gasteiger partial charge in [-0.25, -0.2) is 0 Å². The van der Waals surface area contributed by atoms with Crippen LogP contribution in [0.1, 0.15) is 11.7 Å². The van der Waals surface area contributed by atoms with Crippen molar-refractivity contribution in [3.63, 3.8) is 0 Å². The average Bonchev–Trinajstić information content (AvgIpc) is 3.17. The fraction of sp³-hybridized carbons (Fsp3) is 0.375. The van der Waals surface area contributed by atoms with E-state index in [2.05, 4.69) is 0 Å². The van der Waals surface area contributed by atoms with E-state index in [1.165, 1.54) is 7.11 Å². The topological polar surface area (TPSA) is 92.3 Å². The second-order valence-electron chi connectivity index (χ2n) is 5.19. The third kappa shape index (κ3) is 2.50. The van der Waals surface area contributed by atoms with E-state index in [1.54, 1.807) is 24.5 Å². The molecule has 1 aromatic carbocycles.